The molecule has 0 bridgehead atoms. The molecule has 2 atom stereocenters. The van der Waals surface area contributed by atoms with E-state index in [1.165, 1.54) is 0 Å². The van der Waals surface area contributed by atoms with Gasteiger partial charge in [0, 0.05) is 0 Å². The summed E-state index contributed by atoms with van der Waals surface area (Å²) in [4.78, 5) is 11.0. The van der Waals surface area contributed by atoms with Gasteiger partial charge in [-0.15, -0.1) is 17.1 Å². The van der Waals surface area contributed by atoms with Gasteiger partial charge in [-0.2, -0.15) is 0 Å². The summed E-state index contributed by atoms with van der Waals surface area (Å²) in [6, 6.07) is -0.383. The molecular formula is C12H24N2O3Os. The van der Waals surface area contributed by atoms with Crippen molar-refractivity contribution >= 4 is 6.29 Å². The van der Waals surface area contributed by atoms with Crippen molar-refractivity contribution in [1.82, 2.24) is 0 Å². The molecule has 0 aliphatic heterocycles. The molecule has 18 heavy (non-hydrogen) atoms. The minimum atomic E-state index is -2.08. The molecule has 6 heteroatoms. The number of aldehydes is 1. The van der Waals surface area contributed by atoms with Crippen LogP contribution < -0.4 is 0 Å². The van der Waals surface area contributed by atoms with E-state index >= 15 is 0 Å². The third-order valence-corrected chi connectivity index (χ3v) is 1.76. The first-order valence-electron chi connectivity index (χ1n) is 5.73. The van der Waals surface area contributed by atoms with Crippen LogP contribution in [0.1, 0.15) is 48.5 Å². The molecule has 0 spiro atoms. The first kappa shape index (κ1) is 20.2. The Labute approximate surface area is 118 Å². The first-order valence-corrected chi connectivity index (χ1v) is 7.81. The van der Waals surface area contributed by atoms with E-state index in [1.54, 1.807) is 0 Å². The summed E-state index contributed by atoms with van der Waals surface area (Å²) in [6.45, 7) is 14.0. The van der Waals surface area contributed by atoms with Crippen LogP contribution >= 0.6 is 0 Å². The number of hydrogen-bond donors (Lipinski definition) is 0. The van der Waals surface area contributed by atoms with Crippen LogP contribution in [0.2, 0.25) is 0 Å². The number of hydrogen-bond acceptors (Lipinski definition) is 3. The second-order valence-corrected chi connectivity index (χ2v) is 6.45. The van der Waals surface area contributed by atoms with Crippen LogP contribution in [0, 0.1) is 0 Å². The van der Waals surface area contributed by atoms with Crippen LogP contribution in [0.25, 0.3) is 10.6 Å². The van der Waals surface area contributed by atoms with Gasteiger partial charge in [-0.25, -0.2) is 0 Å². The predicted octanol–water partition coefficient (Wildman–Crippen LogP) is 3.05. The number of rotatable bonds is 4. The molecule has 0 aromatic rings. The van der Waals surface area contributed by atoms with Crippen LogP contribution in [0.5, 0.6) is 0 Å². The third kappa shape index (κ3) is 13.9. The van der Waals surface area contributed by atoms with Gasteiger partial charge in [0.2, 0.25) is 0 Å². The zero-order valence-corrected chi connectivity index (χ0v) is 14.7. The van der Waals surface area contributed by atoms with Gasteiger partial charge in [-0.05, 0) is 0 Å². The Hall–Kier alpha value is -0.174. The summed E-state index contributed by atoms with van der Waals surface area (Å²) in [5.74, 6) is 0. The predicted molar refractivity (Wildman–Crippen MR) is 66.9 cm³/mol. The fourth-order valence-corrected chi connectivity index (χ4v) is 1.39. The second kappa shape index (κ2) is 8.85. The molecule has 0 heterocycles. The summed E-state index contributed by atoms with van der Waals surface area (Å²) in [6.07, 6.45) is 0.894. The number of carbonyl (C=O) groups excluding carboxylic acids is 1. The van der Waals surface area contributed by atoms with E-state index in [2.05, 4.69) is 10.6 Å². The molecule has 108 valence electrons. The monoisotopic (exact) mass is 436 g/mol. The van der Waals surface area contributed by atoms with Crippen molar-refractivity contribution in [2.45, 2.75) is 71.6 Å². The van der Waals surface area contributed by atoms with Gasteiger partial charge < -0.3 is 15.4 Å². The Morgan fingerprint density at radius 3 is 1.50 bits per heavy atom. The van der Waals surface area contributed by atoms with Crippen molar-refractivity contribution in [3.05, 3.63) is 10.6 Å². The average molecular weight is 435 g/mol. The van der Waals surface area contributed by atoms with E-state index in [4.69, 9.17) is 7.08 Å². The van der Waals surface area contributed by atoms with Gasteiger partial charge in [-0.1, -0.05) is 54.5 Å². The number of nitrogens with zero attached hydrogens (tertiary/aromatic N) is 2. The van der Waals surface area contributed by atoms with Gasteiger partial charge in [0.05, 0.1) is 0 Å². The van der Waals surface area contributed by atoms with E-state index < -0.39 is 17.3 Å². The van der Waals surface area contributed by atoms with E-state index in [0.717, 1.165) is 6.29 Å². The van der Waals surface area contributed by atoms with Crippen LogP contribution in [-0.2, 0) is 29.2 Å². The van der Waals surface area contributed by atoms with E-state index in [0.29, 0.717) is 0 Å². The van der Waals surface area contributed by atoms with E-state index in [1.807, 2.05) is 48.5 Å². The zero-order valence-electron chi connectivity index (χ0n) is 12.2. The maximum absolute atomic E-state index is 11.0. The molecule has 0 aliphatic rings. The van der Waals surface area contributed by atoms with Crippen molar-refractivity contribution in [2.75, 3.05) is 0 Å². The van der Waals surface area contributed by atoms with E-state index in [9.17, 15) is 4.79 Å². The van der Waals surface area contributed by atoms with Crippen molar-refractivity contribution < 1.29 is 29.2 Å². The Balaban J connectivity index is 0. The summed E-state index contributed by atoms with van der Waals surface area (Å²) >= 11 is -2.08. The van der Waals surface area contributed by atoms with Crippen LogP contribution in [0.15, 0.2) is 0 Å². The molecule has 0 fully saturated rings. The van der Waals surface area contributed by atoms with Crippen LogP contribution in [-0.4, -0.2) is 29.4 Å². The third-order valence-electron chi connectivity index (χ3n) is 1.76. The van der Waals surface area contributed by atoms with E-state index in [-0.39, 0.29) is 23.2 Å². The summed E-state index contributed by atoms with van der Waals surface area (Å²) in [5.41, 5.74) is -0.304. The molecule has 0 aromatic carbocycles. The Bertz CT molecular complexity index is 276. The van der Waals surface area contributed by atoms with Crippen LogP contribution in [0.4, 0.5) is 0 Å². The molecule has 0 N–H and O–H groups in total. The zero-order chi connectivity index (χ0) is 15.0. The van der Waals surface area contributed by atoms with Gasteiger partial charge in [-0.3, -0.25) is 0 Å². The van der Waals surface area contributed by atoms with Crippen molar-refractivity contribution in [3.8, 4) is 0 Å². The molecule has 0 rings (SSSR count). The quantitative estimate of drug-likeness (QED) is 0.638. The molecule has 0 unspecified atom stereocenters. The van der Waals surface area contributed by atoms with Gasteiger partial charge in [0.1, 0.15) is 6.29 Å². The van der Waals surface area contributed by atoms with Gasteiger partial charge in [0.25, 0.3) is 0 Å². The SMILES string of the molecule is C[C@H]([N-]C(C)(C)C)[C@H](C=O)[N-]C(C)(C)C.[O]=[Os+2]=[O]. The molecule has 0 amide bonds. The number of carbonyl (C=O) groups is 1. The van der Waals surface area contributed by atoms with Crippen molar-refractivity contribution in [2.24, 2.45) is 0 Å². The average Bonchev–Trinajstić information content (AvgIpc) is 2.11. The molecule has 0 aromatic heterocycles. The van der Waals surface area contributed by atoms with Gasteiger partial charge >= 0.3 is 24.4 Å². The fraction of sp³-hybridized carbons (Fsp3) is 0.917. The summed E-state index contributed by atoms with van der Waals surface area (Å²) in [5, 5.41) is 8.99. The first-order chi connectivity index (χ1) is 7.96. The maximum atomic E-state index is 11.0. The molecule has 0 radical (unpaired) electrons. The molecule has 0 aliphatic carbocycles. The standard InChI is InChI=1S/C12H24N2O.2O.Os/c1-9(13-11(2,3)4)10(8-15)14-12(5,6)7;;;/h8-10H,1-7H3;;;/q-2;;;+2/t9-,10-;;;/m0.../s1. The fourth-order valence-electron chi connectivity index (χ4n) is 1.39. The molecule has 0 saturated carbocycles. The Morgan fingerprint density at radius 1 is 0.944 bits per heavy atom. The Morgan fingerprint density at radius 2 is 1.28 bits per heavy atom. The minimum absolute atomic E-state index is 0.0540. The Kier molecular flexibility index (Phi) is 9.90. The molecular weight excluding hydrogens is 410 g/mol. The normalized spacial score (nSPS) is 15.1. The topological polar surface area (TPSA) is 79.4 Å². The van der Waals surface area contributed by atoms with Gasteiger partial charge in [0.15, 0.2) is 0 Å². The summed E-state index contributed by atoms with van der Waals surface area (Å²) in [7, 11) is 0. The second-order valence-electron chi connectivity index (χ2n) is 6.03. The summed E-state index contributed by atoms with van der Waals surface area (Å²) < 4.78 is 17.0. The van der Waals surface area contributed by atoms with Crippen molar-refractivity contribution in [3.63, 3.8) is 0 Å². The van der Waals surface area contributed by atoms with Crippen molar-refractivity contribution in [1.29, 1.82) is 0 Å². The molecule has 5 nitrogen and oxygen atoms in total. The van der Waals surface area contributed by atoms with Crippen LogP contribution in [0.3, 0.4) is 0 Å². The molecule has 0 saturated heterocycles.